The molecule has 1 saturated heterocycles. The van der Waals surface area contributed by atoms with Crippen molar-refractivity contribution in [1.82, 2.24) is 15.1 Å². The molecule has 1 aromatic carbocycles. The third-order valence-electron chi connectivity index (χ3n) is 5.00. The average Bonchev–Trinajstić information content (AvgIpc) is 2.50. The van der Waals surface area contributed by atoms with Gasteiger partial charge in [0.25, 0.3) is 0 Å². The number of benzene rings is 1. The summed E-state index contributed by atoms with van der Waals surface area (Å²) < 4.78 is 0. The molecule has 0 spiro atoms. The SMILES string of the molecule is Cc1ccccc1C[C@H](C)NCCN1CCC(N(C)C)CC1. The highest BCUT2D eigenvalue weighted by Crippen LogP contribution is 2.13. The van der Waals surface area contributed by atoms with Crippen molar-refractivity contribution in [2.75, 3.05) is 40.3 Å². The summed E-state index contributed by atoms with van der Waals surface area (Å²) in [6, 6.07) is 10.0. The van der Waals surface area contributed by atoms with Gasteiger partial charge >= 0.3 is 0 Å². The number of hydrogen-bond donors (Lipinski definition) is 1. The van der Waals surface area contributed by atoms with Crippen molar-refractivity contribution in [3.05, 3.63) is 35.4 Å². The lowest BCUT2D eigenvalue weighted by molar-refractivity contribution is 0.145. The Labute approximate surface area is 136 Å². The van der Waals surface area contributed by atoms with Gasteiger partial charge in [-0.1, -0.05) is 24.3 Å². The minimum atomic E-state index is 0.542. The third-order valence-corrected chi connectivity index (χ3v) is 5.00. The first-order chi connectivity index (χ1) is 10.6. The van der Waals surface area contributed by atoms with E-state index in [1.807, 2.05) is 0 Å². The fourth-order valence-corrected chi connectivity index (χ4v) is 3.37. The van der Waals surface area contributed by atoms with Crippen LogP contribution in [-0.4, -0.2) is 62.2 Å². The predicted octanol–water partition coefficient (Wildman–Crippen LogP) is 2.54. The van der Waals surface area contributed by atoms with Crippen LogP contribution < -0.4 is 5.32 Å². The van der Waals surface area contributed by atoms with Crippen LogP contribution in [-0.2, 0) is 6.42 Å². The third kappa shape index (κ3) is 5.38. The molecule has 1 atom stereocenters. The lowest BCUT2D eigenvalue weighted by Gasteiger charge is -2.35. The summed E-state index contributed by atoms with van der Waals surface area (Å²) in [6.07, 6.45) is 3.74. The van der Waals surface area contributed by atoms with E-state index in [0.29, 0.717) is 6.04 Å². The quantitative estimate of drug-likeness (QED) is 0.835. The fraction of sp³-hybridized carbons (Fsp3) is 0.684. The van der Waals surface area contributed by atoms with Crippen molar-refractivity contribution in [2.45, 2.75) is 45.2 Å². The molecular formula is C19H33N3. The van der Waals surface area contributed by atoms with Gasteiger partial charge in [0.15, 0.2) is 0 Å². The molecule has 0 amide bonds. The molecule has 3 heteroatoms. The summed E-state index contributed by atoms with van der Waals surface area (Å²) in [5.41, 5.74) is 2.87. The molecule has 0 radical (unpaired) electrons. The topological polar surface area (TPSA) is 18.5 Å². The number of hydrogen-bond acceptors (Lipinski definition) is 3. The van der Waals surface area contributed by atoms with E-state index in [9.17, 15) is 0 Å². The van der Waals surface area contributed by atoms with Crippen LogP contribution in [0.1, 0.15) is 30.9 Å². The summed E-state index contributed by atoms with van der Waals surface area (Å²) in [7, 11) is 4.41. The highest BCUT2D eigenvalue weighted by Gasteiger charge is 2.20. The lowest BCUT2D eigenvalue weighted by atomic mass is 10.0. The van der Waals surface area contributed by atoms with Crippen molar-refractivity contribution in [1.29, 1.82) is 0 Å². The van der Waals surface area contributed by atoms with Gasteiger partial charge in [-0.25, -0.2) is 0 Å². The van der Waals surface area contributed by atoms with Crippen molar-refractivity contribution in [3.8, 4) is 0 Å². The van der Waals surface area contributed by atoms with Crippen LogP contribution in [0, 0.1) is 6.92 Å². The second kappa shape index (κ2) is 8.66. The van der Waals surface area contributed by atoms with Gasteiger partial charge in [0.2, 0.25) is 0 Å². The van der Waals surface area contributed by atoms with Crippen LogP contribution in [0.3, 0.4) is 0 Å². The van der Waals surface area contributed by atoms with Gasteiger partial charge in [-0.15, -0.1) is 0 Å². The second-order valence-electron chi connectivity index (χ2n) is 7.02. The number of nitrogens with one attached hydrogen (secondary N) is 1. The maximum atomic E-state index is 3.69. The fourth-order valence-electron chi connectivity index (χ4n) is 3.37. The van der Waals surface area contributed by atoms with E-state index in [1.165, 1.54) is 43.6 Å². The number of nitrogens with zero attached hydrogens (tertiary/aromatic N) is 2. The molecule has 1 aliphatic heterocycles. The van der Waals surface area contributed by atoms with Gasteiger partial charge in [0.05, 0.1) is 0 Å². The number of piperidine rings is 1. The molecule has 1 N–H and O–H groups in total. The molecule has 0 aliphatic carbocycles. The van der Waals surface area contributed by atoms with Gasteiger partial charge in [0.1, 0.15) is 0 Å². The first kappa shape index (κ1) is 17.5. The van der Waals surface area contributed by atoms with Gasteiger partial charge in [-0.2, -0.15) is 0 Å². The van der Waals surface area contributed by atoms with Crippen LogP contribution in [0.4, 0.5) is 0 Å². The maximum Gasteiger partial charge on any atom is 0.0113 e. The number of rotatable bonds is 7. The van der Waals surface area contributed by atoms with Crippen LogP contribution in [0.5, 0.6) is 0 Å². The van der Waals surface area contributed by atoms with Crippen LogP contribution in [0.15, 0.2) is 24.3 Å². The Hall–Kier alpha value is -0.900. The van der Waals surface area contributed by atoms with Crippen molar-refractivity contribution >= 4 is 0 Å². The minimum Gasteiger partial charge on any atom is -0.313 e. The van der Waals surface area contributed by atoms with Gasteiger partial charge in [0, 0.05) is 25.2 Å². The summed E-state index contributed by atoms with van der Waals surface area (Å²) in [5, 5.41) is 3.69. The summed E-state index contributed by atoms with van der Waals surface area (Å²) in [4.78, 5) is 4.98. The van der Waals surface area contributed by atoms with Crippen molar-refractivity contribution in [3.63, 3.8) is 0 Å². The molecule has 0 unspecified atom stereocenters. The van der Waals surface area contributed by atoms with Gasteiger partial charge in [-0.05, 0) is 71.4 Å². The zero-order valence-electron chi connectivity index (χ0n) is 14.8. The Bertz CT molecular complexity index is 436. The predicted molar refractivity (Wildman–Crippen MR) is 95.5 cm³/mol. The number of aryl methyl sites for hydroxylation is 1. The lowest BCUT2D eigenvalue weighted by Crippen LogP contribution is -2.44. The van der Waals surface area contributed by atoms with Gasteiger partial charge in [-0.3, -0.25) is 0 Å². The average molecular weight is 303 g/mol. The van der Waals surface area contributed by atoms with E-state index >= 15 is 0 Å². The van der Waals surface area contributed by atoms with Crippen LogP contribution >= 0.6 is 0 Å². The zero-order chi connectivity index (χ0) is 15.9. The molecule has 1 fully saturated rings. The first-order valence-electron chi connectivity index (χ1n) is 8.73. The molecule has 1 aromatic rings. The van der Waals surface area contributed by atoms with Crippen LogP contribution in [0.2, 0.25) is 0 Å². The first-order valence-corrected chi connectivity index (χ1v) is 8.73. The van der Waals surface area contributed by atoms with Gasteiger partial charge < -0.3 is 15.1 Å². The summed E-state index contributed by atoms with van der Waals surface area (Å²) >= 11 is 0. The van der Waals surface area contributed by atoms with E-state index in [4.69, 9.17) is 0 Å². The molecule has 0 bridgehead atoms. The molecular weight excluding hydrogens is 270 g/mol. The van der Waals surface area contributed by atoms with Crippen molar-refractivity contribution < 1.29 is 0 Å². The standard InChI is InChI=1S/C19H33N3/c1-16-7-5-6-8-18(16)15-17(2)20-11-14-22-12-9-19(10-13-22)21(3)4/h5-8,17,19-20H,9-15H2,1-4H3/t17-/m0/s1. The van der Waals surface area contributed by atoms with E-state index in [-0.39, 0.29) is 0 Å². The summed E-state index contributed by atoms with van der Waals surface area (Å²) in [6.45, 7) is 9.27. The largest absolute Gasteiger partial charge is 0.313 e. The highest BCUT2D eigenvalue weighted by molar-refractivity contribution is 5.26. The Balaban J connectivity index is 1.64. The Morgan fingerprint density at radius 2 is 1.91 bits per heavy atom. The minimum absolute atomic E-state index is 0.542. The van der Waals surface area contributed by atoms with E-state index in [1.54, 1.807) is 0 Å². The highest BCUT2D eigenvalue weighted by atomic mass is 15.2. The Kier molecular flexibility index (Phi) is 6.87. The molecule has 0 aromatic heterocycles. The van der Waals surface area contributed by atoms with Crippen molar-refractivity contribution in [2.24, 2.45) is 0 Å². The maximum absolute atomic E-state index is 3.69. The molecule has 1 aliphatic rings. The molecule has 22 heavy (non-hydrogen) atoms. The van der Waals surface area contributed by atoms with E-state index in [2.05, 4.69) is 67.3 Å². The van der Waals surface area contributed by atoms with E-state index in [0.717, 1.165) is 19.0 Å². The molecule has 1 heterocycles. The molecule has 3 nitrogen and oxygen atoms in total. The number of likely N-dealkylation sites (tertiary alicyclic amines) is 1. The van der Waals surface area contributed by atoms with Crippen LogP contribution in [0.25, 0.3) is 0 Å². The van der Waals surface area contributed by atoms with E-state index < -0.39 is 0 Å². The zero-order valence-corrected chi connectivity index (χ0v) is 14.8. The molecule has 2 rings (SSSR count). The smallest absolute Gasteiger partial charge is 0.0113 e. The molecule has 0 saturated carbocycles. The Morgan fingerprint density at radius 3 is 2.55 bits per heavy atom. The monoisotopic (exact) mass is 303 g/mol. The Morgan fingerprint density at radius 1 is 1.23 bits per heavy atom. The normalized spacial score (nSPS) is 18.8. The molecule has 124 valence electrons. The second-order valence-corrected chi connectivity index (χ2v) is 7.02. The summed E-state index contributed by atoms with van der Waals surface area (Å²) in [5.74, 6) is 0.